The molecule has 1 N–H and O–H groups in total. The van der Waals surface area contributed by atoms with Crippen LogP contribution in [0.1, 0.15) is 42.6 Å². The van der Waals surface area contributed by atoms with Gasteiger partial charge in [0.25, 0.3) is 5.91 Å². The van der Waals surface area contributed by atoms with Gasteiger partial charge in [0.05, 0.1) is 22.0 Å². The van der Waals surface area contributed by atoms with Crippen LogP contribution in [0.5, 0.6) is 0 Å². The van der Waals surface area contributed by atoms with E-state index < -0.39 is 11.5 Å². The zero-order valence-corrected chi connectivity index (χ0v) is 16.5. The number of nitrogens with zero attached hydrogens (tertiary/aromatic N) is 2. The van der Waals surface area contributed by atoms with Gasteiger partial charge in [-0.05, 0) is 42.5 Å². The molecule has 0 spiro atoms. The van der Waals surface area contributed by atoms with E-state index in [-0.39, 0.29) is 24.0 Å². The standard InChI is InChI=1S/C20H19N3O4S/c1-11(2)20(3)19(25)22-17(23-20)16-13(9-15-14(21-16)6-8-28-15)18(24)27-10-12-5-4-7-26-12/h4-9,11H,10H2,1-3H3,(H,22,23,25). The molecule has 0 saturated carbocycles. The quantitative estimate of drug-likeness (QED) is 0.665. The summed E-state index contributed by atoms with van der Waals surface area (Å²) >= 11 is 1.48. The third-order valence-corrected chi connectivity index (χ3v) is 5.82. The Kier molecular flexibility index (Phi) is 4.50. The number of nitrogens with one attached hydrogen (secondary N) is 1. The van der Waals surface area contributed by atoms with E-state index in [2.05, 4.69) is 15.3 Å². The van der Waals surface area contributed by atoms with Crippen molar-refractivity contribution >= 4 is 39.3 Å². The van der Waals surface area contributed by atoms with Gasteiger partial charge in [-0.15, -0.1) is 11.3 Å². The largest absolute Gasteiger partial charge is 0.466 e. The first-order valence-corrected chi connectivity index (χ1v) is 9.76. The Balaban J connectivity index is 1.74. The van der Waals surface area contributed by atoms with Gasteiger partial charge in [-0.1, -0.05) is 13.8 Å². The monoisotopic (exact) mass is 397 g/mol. The highest BCUT2D eigenvalue weighted by Crippen LogP contribution is 2.29. The summed E-state index contributed by atoms with van der Waals surface area (Å²) in [7, 11) is 0. The van der Waals surface area contributed by atoms with Crippen LogP contribution in [0.3, 0.4) is 0 Å². The van der Waals surface area contributed by atoms with E-state index in [1.165, 1.54) is 17.6 Å². The summed E-state index contributed by atoms with van der Waals surface area (Å²) in [6.45, 7) is 5.65. The number of aromatic nitrogens is 1. The molecule has 4 heterocycles. The predicted octanol–water partition coefficient (Wildman–Crippen LogP) is 3.54. The number of thiophene rings is 1. The van der Waals surface area contributed by atoms with Gasteiger partial charge in [-0.3, -0.25) is 4.79 Å². The second-order valence-corrected chi connectivity index (χ2v) is 8.01. The fourth-order valence-electron chi connectivity index (χ4n) is 2.89. The summed E-state index contributed by atoms with van der Waals surface area (Å²) in [4.78, 5) is 34.5. The average molecular weight is 397 g/mol. The maximum Gasteiger partial charge on any atom is 0.340 e. The zero-order valence-electron chi connectivity index (χ0n) is 15.7. The minimum atomic E-state index is -0.907. The molecule has 0 bridgehead atoms. The molecule has 3 aromatic rings. The van der Waals surface area contributed by atoms with Crippen molar-refractivity contribution in [3.63, 3.8) is 0 Å². The smallest absolute Gasteiger partial charge is 0.340 e. The fraction of sp³-hybridized carbons (Fsp3) is 0.300. The highest BCUT2D eigenvalue weighted by atomic mass is 32.1. The number of ether oxygens (including phenoxy) is 1. The lowest BCUT2D eigenvalue weighted by Gasteiger charge is -2.21. The van der Waals surface area contributed by atoms with E-state index in [0.29, 0.717) is 17.3 Å². The molecule has 28 heavy (non-hydrogen) atoms. The Morgan fingerprint density at radius 1 is 1.39 bits per heavy atom. The molecule has 3 aromatic heterocycles. The molecule has 0 aliphatic carbocycles. The van der Waals surface area contributed by atoms with Gasteiger partial charge in [0, 0.05) is 0 Å². The molecular formula is C20H19N3O4S. The number of hydrogen-bond acceptors (Lipinski definition) is 7. The van der Waals surface area contributed by atoms with Crippen molar-refractivity contribution in [2.45, 2.75) is 32.9 Å². The molecule has 1 aliphatic heterocycles. The summed E-state index contributed by atoms with van der Waals surface area (Å²) in [6, 6.07) is 7.04. The van der Waals surface area contributed by atoms with Crippen molar-refractivity contribution < 1.29 is 18.7 Å². The summed E-state index contributed by atoms with van der Waals surface area (Å²) < 4.78 is 11.4. The number of amides is 1. The van der Waals surface area contributed by atoms with Crippen LogP contribution in [0.15, 0.2) is 45.3 Å². The van der Waals surface area contributed by atoms with Crippen molar-refractivity contribution in [2.24, 2.45) is 10.9 Å². The molecule has 1 atom stereocenters. The molecule has 0 saturated heterocycles. The van der Waals surface area contributed by atoms with Crippen molar-refractivity contribution in [2.75, 3.05) is 0 Å². The number of aliphatic imine (C=N–C) groups is 1. The van der Waals surface area contributed by atoms with Gasteiger partial charge in [0.15, 0.2) is 5.84 Å². The lowest BCUT2D eigenvalue weighted by molar-refractivity contribution is -0.124. The molecule has 1 unspecified atom stereocenters. The van der Waals surface area contributed by atoms with Crippen LogP contribution < -0.4 is 5.32 Å². The van der Waals surface area contributed by atoms with Gasteiger partial charge in [0.2, 0.25) is 0 Å². The normalized spacial score (nSPS) is 19.1. The first kappa shape index (κ1) is 18.4. The summed E-state index contributed by atoms with van der Waals surface area (Å²) in [5, 5.41) is 4.69. The second-order valence-electron chi connectivity index (χ2n) is 7.06. The minimum Gasteiger partial charge on any atom is -0.466 e. The van der Waals surface area contributed by atoms with Crippen LogP contribution >= 0.6 is 11.3 Å². The lowest BCUT2D eigenvalue weighted by Crippen LogP contribution is -2.41. The predicted molar refractivity (Wildman–Crippen MR) is 105 cm³/mol. The van der Waals surface area contributed by atoms with Crippen LogP contribution in [0.25, 0.3) is 10.2 Å². The number of esters is 1. The Bertz CT molecular complexity index is 1080. The van der Waals surface area contributed by atoms with E-state index >= 15 is 0 Å². The van der Waals surface area contributed by atoms with Crippen molar-refractivity contribution in [1.29, 1.82) is 0 Å². The van der Waals surface area contributed by atoms with Gasteiger partial charge >= 0.3 is 5.97 Å². The molecule has 1 amide bonds. The molecule has 1 aliphatic rings. The minimum absolute atomic E-state index is 0.00997. The SMILES string of the molecule is CC(C)C1(C)N=C(c2nc3ccsc3cc2C(=O)OCc2ccco2)NC1=O. The van der Waals surface area contributed by atoms with E-state index in [4.69, 9.17) is 9.15 Å². The molecule has 0 radical (unpaired) electrons. The van der Waals surface area contributed by atoms with Gasteiger partial charge in [0.1, 0.15) is 23.6 Å². The number of rotatable bonds is 5. The summed E-state index contributed by atoms with van der Waals surface area (Å²) in [6.07, 6.45) is 1.52. The zero-order chi connectivity index (χ0) is 19.9. The number of amidine groups is 1. The third-order valence-electron chi connectivity index (χ3n) is 4.97. The number of pyridine rings is 1. The maximum absolute atomic E-state index is 12.8. The Labute approximate surface area is 165 Å². The topological polar surface area (TPSA) is 93.8 Å². The third kappa shape index (κ3) is 3.09. The van der Waals surface area contributed by atoms with Crippen LogP contribution in [0.4, 0.5) is 0 Å². The number of hydrogen-bond donors (Lipinski definition) is 1. The van der Waals surface area contributed by atoms with Crippen LogP contribution in [0.2, 0.25) is 0 Å². The molecule has 8 heteroatoms. The average Bonchev–Trinajstić information content (AvgIpc) is 3.39. The van der Waals surface area contributed by atoms with Crippen LogP contribution in [-0.4, -0.2) is 28.2 Å². The van der Waals surface area contributed by atoms with E-state index in [0.717, 1.165) is 10.2 Å². The van der Waals surface area contributed by atoms with Crippen LogP contribution in [0, 0.1) is 5.92 Å². The number of fused-ring (bicyclic) bond motifs is 1. The molecule has 4 rings (SSSR count). The number of carbonyl (C=O) groups excluding carboxylic acids is 2. The number of furan rings is 1. The summed E-state index contributed by atoms with van der Waals surface area (Å²) in [5.74, 6) is 0.0614. The Hall–Kier alpha value is -3.00. The van der Waals surface area contributed by atoms with E-state index in [1.54, 1.807) is 25.1 Å². The highest BCUT2D eigenvalue weighted by Gasteiger charge is 2.43. The van der Waals surface area contributed by atoms with Gasteiger partial charge < -0.3 is 14.5 Å². The second kappa shape index (κ2) is 6.87. The molecule has 0 aromatic carbocycles. The molecule has 0 fully saturated rings. The summed E-state index contributed by atoms with van der Waals surface area (Å²) in [5.41, 5.74) is 0.398. The molecule has 7 nitrogen and oxygen atoms in total. The van der Waals surface area contributed by atoms with E-state index in [1.807, 2.05) is 25.3 Å². The van der Waals surface area contributed by atoms with Crippen molar-refractivity contribution in [1.82, 2.24) is 10.3 Å². The molecular weight excluding hydrogens is 378 g/mol. The number of carbonyl (C=O) groups is 2. The van der Waals surface area contributed by atoms with Gasteiger partial charge in [-0.25, -0.2) is 14.8 Å². The van der Waals surface area contributed by atoms with Crippen LogP contribution in [-0.2, 0) is 16.1 Å². The lowest BCUT2D eigenvalue weighted by atomic mass is 9.89. The Morgan fingerprint density at radius 2 is 2.21 bits per heavy atom. The highest BCUT2D eigenvalue weighted by molar-refractivity contribution is 7.17. The first-order chi connectivity index (χ1) is 13.4. The first-order valence-electron chi connectivity index (χ1n) is 8.88. The van der Waals surface area contributed by atoms with Crippen molar-refractivity contribution in [3.8, 4) is 0 Å². The van der Waals surface area contributed by atoms with E-state index in [9.17, 15) is 9.59 Å². The maximum atomic E-state index is 12.8. The van der Waals surface area contributed by atoms with Crippen molar-refractivity contribution in [3.05, 3.63) is 52.9 Å². The molecule has 144 valence electrons. The van der Waals surface area contributed by atoms with Gasteiger partial charge in [-0.2, -0.15) is 0 Å². The Morgan fingerprint density at radius 3 is 2.89 bits per heavy atom. The fourth-order valence-corrected chi connectivity index (χ4v) is 3.65.